The summed E-state index contributed by atoms with van der Waals surface area (Å²) in [6, 6.07) is 20.7. The van der Waals surface area contributed by atoms with Crippen LogP contribution >= 0.6 is 0 Å². The van der Waals surface area contributed by atoms with E-state index in [9.17, 15) is 0 Å². The van der Waals surface area contributed by atoms with Gasteiger partial charge in [0.2, 0.25) is 0 Å². The zero-order valence-electron chi connectivity index (χ0n) is 10.9. The van der Waals surface area contributed by atoms with E-state index in [1.165, 1.54) is 11.1 Å². The predicted octanol–water partition coefficient (Wildman–Crippen LogP) is 3.72. The van der Waals surface area contributed by atoms with Gasteiger partial charge in [-0.25, -0.2) is 9.97 Å². The maximum Gasteiger partial charge on any atom is 0.316 e. The summed E-state index contributed by atoms with van der Waals surface area (Å²) in [5.74, 6) is 0. The SMILES string of the molecule is c1ccc(-c2cccc(COc3ncccn3)c2)cc1. The van der Waals surface area contributed by atoms with Gasteiger partial charge in [-0.05, 0) is 28.8 Å². The van der Waals surface area contributed by atoms with E-state index in [2.05, 4.69) is 34.2 Å². The Balaban J connectivity index is 1.75. The van der Waals surface area contributed by atoms with Crippen LogP contribution in [-0.2, 0) is 6.61 Å². The normalized spacial score (nSPS) is 10.2. The first-order valence-corrected chi connectivity index (χ1v) is 6.46. The van der Waals surface area contributed by atoms with Crippen LogP contribution in [0.25, 0.3) is 11.1 Å². The molecule has 0 fully saturated rings. The number of hydrogen-bond acceptors (Lipinski definition) is 3. The van der Waals surface area contributed by atoms with Gasteiger partial charge in [0, 0.05) is 12.4 Å². The molecular weight excluding hydrogens is 248 g/mol. The maximum atomic E-state index is 5.56. The molecule has 3 aromatic rings. The minimum atomic E-state index is 0.401. The molecule has 3 nitrogen and oxygen atoms in total. The van der Waals surface area contributed by atoms with Crippen molar-refractivity contribution in [3.05, 3.63) is 78.6 Å². The van der Waals surface area contributed by atoms with Gasteiger partial charge in [0.25, 0.3) is 0 Å². The number of nitrogens with zero attached hydrogens (tertiary/aromatic N) is 2. The second-order valence-corrected chi connectivity index (χ2v) is 4.39. The quantitative estimate of drug-likeness (QED) is 0.718. The number of benzene rings is 2. The van der Waals surface area contributed by atoms with E-state index >= 15 is 0 Å². The Labute approximate surface area is 117 Å². The Morgan fingerprint density at radius 2 is 1.50 bits per heavy atom. The Morgan fingerprint density at radius 1 is 0.750 bits per heavy atom. The van der Waals surface area contributed by atoms with Crippen LogP contribution in [0.3, 0.4) is 0 Å². The summed E-state index contributed by atoms with van der Waals surface area (Å²) in [6.45, 7) is 0.463. The van der Waals surface area contributed by atoms with E-state index in [1.54, 1.807) is 18.5 Å². The fourth-order valence-corrected chi connectivity index (χ4v) is 1.98. The van der Waals surface area contributed by atoms with Crippen molar-refractivity contribution in [1.82, 2.24) is 9.97 Å². The van der Waals surface area contributed by atoms with Crippen LogP contribution in [-0.4, -0.2) is 9.97 Å². The summed E-state index contributed by atoms with van der Waals surface area (Å²) in [7, 11) is 0. The Morgan fingerprint density at radius 3 is 2.30 bits per heavy atom. The summed E-state index contributed by atoms with van der Waals surface area (Å²) in [5, 5.41) is 0. The zero-order chi connectivity index (χ0) is 13.6. The molecule has 0 atom stereocenters. The number of aromatic nitrogens is 2. The third-order valence-corrected chi connectivity index (χ3v) is 2.94. The fourth-order valence-electron chi connectivity index (χ4n) is 1.98. The Bertz CT molecular complexity index is 669. The average molecular weight is 262 g/mol. The molecule has 98 valence electrons. The number of hydrogen-bond donors (Lipinski definition) is 0. The molecule has 0 aliphatic rings. The molecule has 2 aromatic carbocycles. The van der Waals surface area contributed by atoms with Gasteiger partial charge < -0.3 is 4.74 Å². The molecule has 20 heavy (non-hydrogen) atoms. The Kier molecular flexibility index (Phi) is 3.69. The molecule has 3 heteroatoms. The van der Waals surface area contributed by atoms with Crippen LogP contribution in [0.2, 0.25) is 0 Å². The average Bonchev–Trinajstić information content (AvgIpc) is 2.55. The molecule has 1 heterocycles. The van der Waals surface area contributed by atoms with E-state index in [-0.39, 0.29) is 0 Å². The van der Waals surface area contributed by atoms with Gasteiger partial charge in [0.15, 0.2) is 0 Å². The first-order valence-electron chi connectivity index (χ1n) is 6.46. The lowest BCUT2D eigenvalue weighted by Gasteiger charge is -2.06. The van der Waals surface area contributed by atoms with Crippen molar-refractivity contribution in [2.75, 3.05) is 0 Å². The van der Waals surface area contributed by atoms with Crippen molar-refractivity contribution in [2.24, 2.45) is 0 Å². The van der Waals surface area contributed by atoms with Crippen molar-refractivity contribution in [3.8, 4) is 17.1 Å². The van der Waals surface area contributed by atoms with Crippen LogP contribution < -0.4 is 4.74 Å². The zero-order valence-corrected chi connectivity index (χ0v) is 10.9. The first-order chi connectivity index (χ1) is 9.92. The van der Waals surface area contributed by atoms with E-state index in [4.69, 9.17) is 4.74 Å². The second kappa shape index (κ2) is 5.97. The molecule has 1 aromatic heterocycles. The molecule has 0 bridgehead atoms. The van der Waals surface area contributed by atoms with Crippen molar-refractivity contribution in [3.63, 3.8) is 0 Å². The third-order valence-electron chi connectivity index (χ3n) is 2.94. The smallest absolute Gasteiger partial charge is 0.316 e. The van der Waals surface area contributed by atoms with Gasteiger partial charge in [-0.15, -0.1) is 0 Å². The van der Waals surface area contributed by atoms with Gasteiger partial charge in [-0.2, -0.15) is 0 Å². The van der Waals surface area contributed by atoms with Crippen LogP contribution in [0.1, 0.15) is 5.56 Å². The highest BCUT2D eigenvalue weighted by atomic mass is 16.5. The molecule has 0 N–H and O–H groups in total. The van der Waals surface area contributed by atoms with Crippen LogP contribution in [0, 0.1) is 0 Å². The van der Waals surface area contributed by atoms with Crippen molar-refractivity contribution < 1.29 is 4.74 Å². The molecule has 0 saturated heterocycles. The molecular formula is C17H14N2O. The molecule has 0 aliphatic heterocycles. The lowest BCUT2D eigenvalue weighted by Crippen LogP contribution is -1.98. The van der Waals surface area contributed by atoms with Crippen molar-refractivity contribution in [2.45, 2.75) is 6.61 Å². The van der Waals surface area contributed by atoms with E-state index in [0.717, 1.165) is 5.56 Å². The topological polar surface area (TPSA) is 35.0 Å². The molecule has 0 radical (unpaired) electrons. The highest BCUT2D eigenvalue weighted by Gasteiger charge is 2.01. The minimum absolute atomic E-state index is 0.401. The predicted molar refractivity (Wildman–Crippen MR) is 78.2 cm³/mol. The number of ether oxygens (including phenoxy) is 1. The summed E-state index contributed by atoms with van der Waals surface area (Å²) < 4.78 is 5.56. The van der Waals surface area contributed by atoms with E-state index in [1.807, 2.05) is 30.3 Å². The monoisotopic (exact) mass is 262 g/mol. The Hall–Kier alpha value is -2.68. The minimum Gasteiger partial charge on any atom is -0.459 e. The maximum absolute atomic E-state index is 5.56. The lowest BCUT2D eigenvalue weighted by molar-refractivity contribution is 0.280. The largest absolute Gasteiger partial charge is 0.459 e. The van der Waals surface area contributed by atoms with E-state index < -0.39 is 0 Å². The summed E-state index contributed by atoms with van der Waals surface area (Å²) >= 11 is 0. The highest BCUT2D eigenvalue weighted by molar-refractivity contribution is 5.63. The number of rotatable bonds is 4. The molecule has 0 saturated carbocycles. The first kappa shape index (κ1) is 12.4. The standard InChI is InChI=1S/C17H14N2O/c1-2-7-15(8-3-1)16-9-4-6-14(12-16)13-20-17-18-10-5-11-19-17/h1-12H,13H2. The van der Waals surface area contributed by atoms with Gasteiger partial charge in [0.05, 0.1) is 0 Å². The third kappa shape index (κ3) is 3.01. The molecule has 0 unspecified atom stereocenters. The lowest BCUT2D eigenvalue weighted by atomic mass is 10.0. The van der Waals surface area contributed by atoms with Gasteiger partial charge >= 0.3 is 6.01 Å². The second-order valence-electron chi connectivity index (χ2n) is 4.39. The molecule has 3 rings (SSSR count). The van der Waals surface area contributed by atoms with Gasteiger partial charge in [0.1, 0.15) is 6.61 Å². The molecule has 0 spiro atoms. The van der Waals surface area contributed by atoms with Crippen molar-refractivity contribution in [1.29, 1.82) is 0 Å². The molecule has 0 aliphatic carbocycles. The summed E-state index contributed by atoms with van der Waals surface area (Å²) in [6.07, 6.45) is 3.34. The highest BCUT2D eigenvalue weighted by Crippen LogP contribution is 2.20. The van der Waals surface area contributed by atoms with E-state index in [0.29, 0.717) is 12.6 Å². The van der Waals surface area contributed by atoms with Crippen LogP contribution in [0.5, 0.6) is 6.01 Å². The summed E-state index contributed by atoms with van der Waals surface area (Å²) in [5.41, 5.74) is 3.48. The van der Waals surface area contributed by atoms with Crippen molar-refractivity contribution >= 4 is 0 Å². The van der Waals surface area contributed by atoms with Gasteiger partial charge in [-0.1, -0.05) is 48.5 Å². The van der Waals surface area contributed by atoms with Crippen LogP contribution in [0.15, 0.2) is 73.1 Å². The fraction of sp³-hybridized carbons (Fsp3) is 0.0588. The van der Waals surface area contributed by atoms with Gasteiger partial charge in [-0.3, -0.25) is 0 Å². The molecule has 0 amide bonds. The summed E-state index contributed by atoms with van der Waals surface area (Å²) in [4.78, 5) is 8.08. The van der Waals surface area contributed by atoms with Crippen LogP contribution in [0.4, 0.5) is 0 Å².